The lowest BCUT2D eigenvalue weighted by atomic mass is 10.1. The molecule has 0 saturated carbocycles. The van der Waals surface area contributed by atoms with Crippen LogP contribution in [0.4, 0.5) is 17.5 Å². The van der Waals surface area contributed by atoms with Crippen molar-refractivity contribution in [1.29, 1.82) is 0 Å². The molecule has 2 aromatic carbocycles. The molecular formula is C26H30N8O4. The normalized spacial score (nSPS) is 18.7. The second kappa shape index (κ2) is 11.5. The summed E-state index contributed by atoms with van der Waals surface area (Å²) < 4.78 is 5.35. The van der Waals surface area contributed by atoms with Crippen LogP contribution in [0.3, 0.4) is 0 Å². The number of rotatable bonds is 8. The second-order valence-electron chi connectivity index (χ2n) is 9.21. The number of ether oxygens (including phenoxy) is 1. The number of nitrogens with one attached hydrogen (secondary N) is 2. The van der Waals surface area contributed by atoms with Gasteiger partial charge in [0.05, 0.1) is 13.2 Å². The summed E-state index contributed by atoms with van der Waals surface area (Å²) in [4.78, 5) is 32.9. The second-order valence-corrected chi connectivity index (χ2v) is 9.21. The maximum Gasteiger partial charge on any atom is 0.273 e. The molecule has 2 aliphatic heterocycles. The minimum Gasteiger partial charge on any atom is -0.379 e. The number of anilines is 3. The molecule has 3 heterocycles. The molecule has 2 aliphatic rings. The van der Waals surface area contributed by atoms with Crippen molar-refractivity contribution in [3.8, 4) is 0 Å². The van der Waals surface area contributed by atoms with Gasteiger partial charge in [-0.3, -0.25) is 14.5 Å². The zero-order chi connectivity index (χ0) is 26.5. The summed E-state index contributed by atoms with van der Waals surface area (Å²) in [6.07, 6.45) is -0.0122. The Morgan fingerprint density at radius 3 is 2.47 bits per heavy atom. The van der Waals surface area contributed by atoms with E-state index in [-0.39, 0.29) is 23.5 Å². The molecule has 0 bridgehead atoms. The van der Waals surface area contributed by atoms with Gasteiger partial charge in [0.25, 0.3) is 11.8 Å². The van der Waals surface area contributed by atoms with Gasteiger partial charge in [0.1, 0.15) is 6.23 Å². The van der Waals surface area contributed by atoms with Crippen LogP contribution in [0.5, 0.6) is 0 Å². The van der Waals surface area contributed by atoms with E-state index in [4.69, 9.17) is 10.5 Å². The molecule has 0 radical (unpaired) electrons. The molecule has 2 fully saturated rings. The van der Waals surface area contributed by atoms with E-state index in [1.165, 1.54) is 0 Å². The van der Waals surface area contributed by atoms with Crippen molar-refractivity contribution in [2.75, 3.05) is 49.6 Å². The molecule has 198 valence electrons. The molecule has 3 aromatic rings. The summed E-state index contributed by atoms with van der Waals surface area (Å²) in [5, 5.41) is 24.9. The smallest absolute Gasteiger partial charge is 0.273 e. The zero-order valence-corrected chi connectivity index (χ0v) is 20.8. The van der Waals surface area contributed by atoms with Crippen LogP contribution in [-0.4, -0.2) is 82.4 Å². The lowest BCUT2D eigenvalue weighted by Gasteiger charge is -2.31. The molecule has 0 spiro atoms. The van der Waals surface area contributed by atoms with Gasteiger partial charge in [-0.15, -0.1) is 10.2 Å². The van der Waals surface area contributed by atoms with Crippen LogP contribution in [-0.2, 0) is 4.74 Å². The minimum absolute atomic E-state index is 0.0797. The van der Waals surface area contributed by atoms with Crippen molar-refractivity contribution in [1.82, 2.24) is 25.4 Å². The Bertz CT molecular complexity index is 1270. The number of nitrogens with zero attached hydrogens (tertiary/aromatic N) is 5. The lowest BCUT2D eigenvalue weighted by Crippen LogP contribution is -2.38. The van der Waals surface area contributed by atoms with E-state index in [1.807, 2.05) is 40.1 Å². The number of aliphatic hydroxyl groups excluding tert-OH is 1. The Morgan fingerprint density at radius 2 is 1.76 bits per heavy atom. The van der Waals surface area contributed by atoms with Crippen LogP contribution in [0.1, 0.15) is 39.1 Å². The highest BCUT2D eigenvalue weighted by Gasteiger charge is 2.28. The molecule has 12 nitrogen and oxygen atoms in total. The van der Waals surface area contributed by atoms with Gasteiger partial charge in [0.2, 0.25) is 5.95 Å². The first-order valence-corrected chi connectivity index (χ1v) is 12.5. The highest BCUT2D eigenvalue weighted by Crippen LogP contribution is 2.25. The number of benzene rings is 2. The van der Waals surface area contributed by atoms with Gasteiger partial charge in [-0.1, -0.05) is 30.3 Å². The number of hydrogen-bond donors (Lipinski definition) is 4. The van der Waals surface area contributed by atoms with Gasteiger partial charge >= 0.3 is 0 Å². The summed E-state index contributed by atoms with van der Waals surface area (Å²) in [6.45, 7) is 3.62. The largest absolute Gasteiger partial charge is 0.379 e. The van der Waals surface area contributed by atoms with E-state index in [1.54, 1.807) is 24.3 Å². The molecular weight excluding hydrogens is 488 g/mol. The topological polar surface area (TPSA) is 159 Å². The molecule has 38 heavy (non-hydrogen) atoms. The van der Waals surface area contributed by atoms with E-state index in [2.05, 4.69) is 25.8 Å². The Balaban J connectivity index is 1.26. The van der Waals surface area contributed by atoms with Crippen molar-refractivity contribution in [3.63, 3.8) is 0 Å². The average Bonchev–Trinajstić information content (AvgIpc) is 3.42. The molecule has 5 rings (SSSR count). The van der Waals surface area contributed by atoms with Gasteiger partial charge < -0.3 is 31.1 Å². The van der Waals surface area contributed by atoms with Gasteiger partial charge in [0.15, 0.2) is 11.5 Å². The van der Waals surface area contributed by atoms with Crippen LogP contribution in [0, 0.1) is 0 Å². The number of morpholine rings is 1. The Hall–Kier alpha value is -4.13. The van der Waals surface area contributed by atoms with Crippen molar-refractivity contribution in [3.05, 3.63) is 71.4 Å². The average molecular weight is 519 g/mol. The molecule has 2 atom stereocenters. The van der Waals surface area contributed by atoms with Crippen molar-refractivity contribution >= 4 is 29.3 Å². The van der Waals surface area contributed by atoms with Gasteiger partial charge in [-0.05, 0) is 36.2 Å². The fourth-order valence-corrected chi connectivity index (χ4v) is 4.53. The van der Waals surface area contributed by atoms with E-state index in [9.17, 15) is 14.7 Å². The third-order valence-corrected chi connectivity index (χ3v) is 6.61. The first-order valence-electron chi connectivity index (χ1n) is 12.5. The summed E-state index contributed by atoms with van der Waals surface area (Å²) in [7, 11) is 0. The quantitative estimate of drug-likeness (QED) is 0.339. The zero-order valence-electron chi connectivity index (χ0n) is 20.8. The van der Waals surface area contributed by atoms with Crippen LogP contribution < -0.4 is 21.3 Å². The number of carbonyl (C=O) groups is 2. The summed E-state index contributed by atoms with van der Waals surface area (Å²) in [5.74, 6) is -0.382. The number of primary amides is 1. The molecule has 5 N–H and O–H groups in total. The summed E-state index contributed by atoms with van der Waals surface area (Å²) in [6, 6.07) is 16.2. The van der Waals surface area contributed by atoms with Gasteiger partial charge in [0, 0.05) is 43.5 Å². The van der Waals surface area contributed by atoms with Crippen LogP contribution in [0.15, 0.2) is 54.6 Å². The third-order valence-electron chi connectivity index (χ3n) is 6.61. The Labute approximate surface area is 219 Å². The molecule has 0 aliphatic carbocycles. The van der Waals surface area contributed by atoms with Crippen molar-refractivity contribution in [2.24, 2.45) is 5.73 Å². The number of hydrogen-bond acceptors (Lipinski definition) is 10. The van der Waals surface area contributed by atoms with Crippen LogP contribution in [0.2, 0.25) is 0 Å². The first-order chi connectivity index (χ1) is 18.5. The first kappa shape index (κ1) is 25.5. The fourth-order valence-electron chi connectivity index (χ4n) is 4.53. The Morgan fingerprint density at radius 1 is 1.03 bits per heavy atom. The SMILES string of the molecule is NC(=O)c1nnc(N2CC[C@@H](NC(=O)c3ccccc3)C2)nc1Nc1ccc(C(O)N2CCOCC2)cc1. The molecule has 12 heteroatoms. The highest BCUT2D eigenvalue weighted by atomic mass is 16.5. The van der Waals surface area contributed by atoms with Crippen molar-refractivity contribution in [2.45, 2.75) is 18.7 Å². The summed E-state index contributed by atoms with van der Waals surface area (Å²) >= 11 is 0. The third kappa shape index (κ3) is 5.88. The maximum absolute atomic E-state index is 12.5. The van der Waals surface area contributed by atoms with E-state index < -0.39 is 12.1 Å². The van der Waals surface area contributed by atoms with E-state index in [0.29, 0.717) is 56.6 Å². The molecule has 1 unspecified atom stereocenters. The monoisotopic (exact) mass is 518 g/mol. The number of amides is 2. The number of nitrogens with two attached hydrogens (primary N) is 1. The molecule has 2 saturated heterocycles. The van der Waals surface area contributed by atoms with E-state index in [0.717, 1.165) is 12.0 Å². The van der Waals surface area contributed by atoms with Crippen molar-refractivity contribution < 1.29 is 19.4 Å². The minimum atomic E-state index is -0.757. The highest BCUT2D eigenvalue weighted by molar-refractivity contribution is 5.96. The molecule has 1 aromatic heterocycles. The molecule has 2 amide bonds. The Kier molecular flexibility index (Phi) is 7.73. The lowest BCUT2D eigenvalue weighted by molar-refractivity contribution is -0.0603. The standard InChI is InChI=1S/C26H30N8O4/c27-22(35)21-23(28-19-8-6-18(7-9-19)25(37)33-12-14-38-15-13-33)30-26(32-31-21)34-11-10-20(16-34)29-24(36)17-4-2-1-3-5-17/h1-9,20,25,37H,10-16H2,(H2,27,35)(H,29,36)(H,28,30,32)/t20-,25?/m1/s1. The van der Waals surface area contributed by atoms with Crippen LogP contribution in [0.25, 0.3) is 0 Å². The van der Waals surface area contributed by atoms with Gasteiger partial charge in [-0.25, -0.2) is 0 Å². The number of aromatic nitrogens is 3. The van der Waals surface area contributed by atoms with Crippen LogP contribution >= 0.6 is 0 Å². The number of aliphatic hydroxyl groups is 1. The predicted octanol–water partition coefficient (Wildman–Crippen LogP) is 1.05. The van der Waals surface area contributed by atoms with E-state index >= 15 is 0 Å². The predicted molar refractivity (Wildman–Crippen MR) is 140 cm³/mol. The maximum atomic E-state index is 12.5. The number of carbonyl (C=O) groups excluding carboxylic acids is 2. The fraction of sp³-hybridized carbons (Fsp3) is 0.346. The summed E-state index contributed by atoms with van der Waals surface area (Å²) in [5.41, 5.74) is 7.43. The van der Waals surface area contributed by atoms with Gasteiger partial charge in [-0.2, -0.15) is 4.98 Å².